The summed E-state index contributed by atoms with van der Waals surface area (Å²) in [6, 6.07) is 0. The van der Waals surface area contributed by atoms with E-state index >= 15 is 0 Å². The van der Waals surface area contributed by atoms with Gasteiger partial charge in [0.15, 0.2) is 0 Å². The predicted molar refractivity (Wildman–Crippen MR) is 57.4 cm³/mol. The number of hydrogen-bond acceptors (Lipinski definition) is 4. The lowest BCUT2D eigenvalue weighted by Crippen LogP contribution is -2.31. The maximum atomic E-state index is 11.0. The smallest absolute Gasteiger partial charge is 0.309 e. The summed E-state index contributed by atoms with van der Waals surface area (Å²) in [5, 5.41) is 5.73. The Balaban J connectivity index is 3.46. The van der Waals surface area contributed by atoms with E-state index in [1.165, 1.54) is 7.11 Å². The first-order valence-electron chi connectivity index (χ1n) is 5.17. The molecule has 0 aromatic heterocycles. The summed E-state index contributed by atoms with van der Waals surface area (Å²) in [6.07, 6.45) is 0.432. The average Bonchev–Trinajstić information content (AvgIpc) is 2.23. The highest BCUT2D eigenvalue weighted by molar-refractivity contribution is 5.76. The third kappa shape index (κ3) is 6.90. The van der Waals surface area contributed by atoms with Gasteiger partial charge in [0, 0.05) is 26.1 Å². The lowest BCUT2D eigenvalue weighted by atomic mass is 10.2. The Bertz CT molecular complexity index is 207. The molecule has 0 fully saturated rings. The molecule has 1 atom stereocenters. The molecule has 0 aliphatic rings. The van der Waals surface area contributed by atoms with E-state index in [0.29, 0.717) is 26.1 Å². The van der Waals surface area contributed by atoms with Gasteiger partial charge in [-0.2, -0.15) is 0 Å². The summed E-state index contributed by atoms with van der Waals surface area (Å²) in [5.41, 5.74) is 0. The van der Waals surface area contributed by atoms with Gasteiger partial charge in [0.2, 0.25) is 5.91 Å². The first-order chi connectivity index (χ1) is 7.11. The number of carbonyl (C=O) groups is 2. The zero-order valence-corrected chi connectivity index (χ0v) is 9.63. The Morgan fingerprint density at radius 3 is 2.60 bits per heavy atom. The summed E-state index contributed by atoms with van der Waals surface area (Å²) in [4.78, 5) is 22.0. The molecule has 15 heavy (non-hydrogen) atoms. The third-order valence-electron chi connectivity index (χ3n) is 1.96. The van der Waals surface area contributed by atoms with Gasteiger partial charge in [-0.25, -0.2) is 0 Å². The van der Waals surface area contributed by atoms with Crippen LogP contribution in [0.15, 0.2) is 0 Å². The van der Waals surface area contributed by atoms with E-state index in [9.17, 15) is 9.59 Å². The molecule has 0 saturated carbocycles. The van der Waals surface area contributed by atoms with Crippen molar-refractivity contribution < 1.29 is 14.3 Å². The molecule has 0 bridgehead atoms. The van der Waals surface area contributed by atoms with Gasteiger partial charge in [0.25, 0.3) is 0 Å². The number of carbonyl (C=O) groups excluding carboxylic acids is 2. The van der Waals surface area contributed by atoms with Gasteiger partial charge in [-0.1, -0.05) is 6.92 Å². The molecule has 0 aromatic carbocycles. The van der Waals surface area contributed by atoms with Crippen LogP contribution in [0.2, 0.25) is 0 Å². The van der Waals surface area contributed by atoms with Crippen LogP contribution in [0, 0.1) is 5.92 Å². The van der Waals surface area contributed by atoms with E-state index in [4.69, 9.17) is 0 Å². The fraction of sp³-hybridized carbons (Fsp3) is 0.800. The fourth-order valence-corrected chi connectivity index (χ4v) is 1.09. The molecule has 0 aliphatic heterocycles. The molecule has 0 rings (SSSR count). The minimum Gasteiger partial charge on any atom is -0.469 e. The second-order valence-corrected chi connectivity index (χ2v) is 3.33. The standard InChI is InChI=1S/C10H20N2O3/c1-4-12-9(13)5-6-11-7-8(2)10(14)15-3/h8,11H,4-7H2,1-3H3,(H,12,13). The van der Waals surface area contributed by atoms with Crippen molar-refractivity contribution in [3.63, 3.8) is 0 Å². The summed E-state index contributed by atoms with van der Waals surface area (Å²) in [7, 11) is 1.37. The first kappa shape index (κ1) is 13.9. The highest BCUT2D eigenvalue weighted by Gasteiger charge is 2.11. The Morgan fingerprint density at radius 1 is 1.40 bits per heavy atom. The van der Waals surface area contributed by atoms with Crippen LogP contribution in [-0.2, 0) is 14.3 Å². The van der Waals surface area contributed by atoms with Crippen LogP contribution in [-0.4, -0.2) is 38.6 Å². The zero-order valence-electron chi connectivity index (χ0n) is 9.63. The molecule has 0 radical (unpaired) electrons. The van der Waals surface area contributed by atoms with Gasteiger partial charge >= 0.3 is 5.97 Å². The molecule has 2 N–H and O–H groups in total. The molecule has 5 heteroatoms. The number of nitrogens with one attached hydrogen (secondary N) is 2. The van der Waals surface area contributed by atoms with E-state index in [2.05, 4.69) is 15.4 Å². The number of hydrogen-bond donors (Lipinski definition) is 2. The number of methoxy groups -OCH3 is 1. The largest absolute Gasteiger partial charge is 0.469 e. The normalized spacial score (nSPS) is 11.9. The topological polar surface area (TPSA) is 67.4 Å². The van der Waals surface area contributed by atoms with Crippen molar-refractivity contribution in [2.45, 2.75) is 20.3 Å². The molecule has 0 aromatic rings. The quantitative estimate of drug-likeness (QED) is 0.461. The molecule has 0 saturated heterocycles. The van der Waals surface area contributed by atoms with Crippen molar-refractivity contribution in [1.29, 1.82) is 0 Å². The highest BCUT2D eigenvalue weighted by Crippen LogP contribution is 1.94. The van der Waals surface area contributed by atoms with Gasteiger partial charge in [0.05, 0.1) is 13.0 Å². The van der Waals surface area contributed by atoms with Crippen molar-refractivity contribution in [2.75, 3.05) is 26.7 Å². The van der Waals surface area contributed by atoms with Gasteiger partial charge in [-0.15, -0.1) is 0 Å². The maximum Gasteiger partial charge on any atom is 0.309 e. The summed E-state index contributed by atoms with van der Waals surface area (Å²) >= 11 is 0. The van der Waals surface area contributed by atoms with Crippen molar-refractivity contribution in [1.82, 2.24) is 10.6 Å². The van der Waals surface area contributed by atoms with Crippen molar-refractivity contribution in [2.24, 2.45) is 5.92 Å². The molecule has 0 heterocycles. The molecule has 88 valence electrons. The Labute approximate surface area is 90.6 Å². The number of amides is 1. The number of esters is 1. The Kier molecular flexibility index (Phi) is 7.62. The van der Waals surface area contributed by atoms with E-state index in [1.54, 1.807) is 6.92 Å². The van der Waals surface area contributed by atoms with Gasteiger partial charge in [0.1, 0.15) is 0 Å². The van der Waals surface area contributed by atoms with Crippen LogP contribution in [0.1, 0.15) is 20.3 Å². The van der Waals surface area contributed by atoms with E-state index in [-0.39, 0.29) is 17.8 Å². The van der Waals surface area contributed by atoms with Crippen LogP contribution in [0.3, 0.4) is 0 Å². The highest BCUT2D eigenvalue weighted by atomic mass is 16.5. The lowest BCUT2D eigenvalue weighted by Gasteiger charge is -2.10. The van der Waals surface area contributed by atoms with Crippen LogP contribution in [0.25, 0.3) is 0 Å². The molecular weight excluding hydrogens is 196 g/mol. The van der Waals surface area contributed by atoms with Crippen LogP contribution < -0.4 is 10.6 Å². The zero-order chi connectivity index (χ0) is 11.7. The van der Waals surface area contributed by atoms with Gasteiger partial charge in [-0.05, 0) is 6.92 Å². The SMILES string of the molecule is CCNC(=O)CCNCC(C)C(=O)OC. The monoisotopic (exact) mass is 216 g/mol. The maximum absolute atomic E-state index is 11.0. The molecule has 1 amide bonds. The first-order valence-corrected chi connectivity index (χ1v) is 5.17. The van der Waals surface area contributed by atoms with Crippen LogP contribution in [0.5, 0.6) is 0 Å². The summed E-state index contributed by atoms with van der Waals surface area (Å²) in [6.45, 7) is 5.42. The Morgan fingerprint density at radius 2 is 2.07 bits per heavy atom. The predicted octanol–water partition coefficient (Wildman–Crippen LogP) is -0.0887. The number of ether oxygens (including phenoxy) is 1. The molecule has 0 aliphatic carbocycles. The summed E-state index contributed by atoms with van der Waals surface area (Å²) in [5.74, 6) is -0.388. The van der Waals surface area contributed by atoms with Crippen molar-refractivity contribution in [3.8, 4) is 0 Å². The third-order valence-corrected chi connectivity index (χ3v) is 1.96. The number of rotatable bonds is 7. The minimum absolute atomic E-state index is 0.0238. The van der Waals surface area contributed by atoms with E-state index in [0.717, 1.165) is 0 Å². The average molecular weight is 216 g/mol. The Hall–Kier alpha value is -1.10. The second-order valence-electron chi connectivity index (χ2n) is 3.33. The molecule has 0 spiro atoms. The van der Waals surface area contributed by atoms with E-state index < -0.39 is 0 Å². The van der Waals surface area contributed by atoms with Gasteiger partial charge < -0.3 is 15.4 Å². The second kappa shape index (κ2) is 8.23. The van der Waals surface area contributed by atoms with Crippen LogP contribution >= 0.6 is 0 Å². The fourth-order valence-electron chi connectivity index (χ4n) is 1.09. The summed E-state index contributed by atoms with van der Waals surface area (Å²) < 4.78 is 4.57. The van der Waals surface area contributed by atoms with Crippen molar-refractivity contribution in [3.05, 3.63) is 0 Å². The molecule has 1 unspecified atom stereocenters. The van der Waals surface area contributed by atoms with E-state index in [1.807, 2.05) is 6.92 Å². The molecular formula is C10H20N2O3. The molecule has 5 nitrogen and oxygen atoms in total. The minimum atomic E-state index is -0.236. The van der Waals surface area contributed by atoms with Crippen molar-refractivity contribution >= 4 is 11.9 Å². The van der Waals surface area contributed by atoms with Crippen LogP contribution in [0.4, 0.5) is 0 Å². The lowest BCUT2D eigenvalue weighted by molar-refractivity contribution is -0.144. The van der Waals surface area contributed by atoms with Gasteiger partial charge in [-0.3, -0.25) is 9.59 Å².